The fraction of sp³-hybridized carbons (Fsp3) is 1.00. The molecule has 0 aliphatic carbocycles. The van der Waals surface area contributed by atoms with E-state index >= 15 is 0 Å². The van der Waals surface area contributed by atoms with Gasteiger partial charge in [0.2, 0.25) is 0 Å². The highest BCUT2D eigenvalue weighted by atomic mass is 33.1. The van der Waals surface area contributed by atoms with E-state index < -0.39 is 9.03 Å². The van der Waals surface area contributed by atoms with Crippen molar-refractivity contribution in [2.45, 2.75) is 19.8 Å². The minimum absolute atomic E-state index is 0.490. The summed E-state index contributed by atoms with van der Waals surface area (Å²) >= 11 is 0. The first-order valence-electron chi connectivity index (χ1n) is 4.00. The van der Waals surface area contributed by atoms with E-state index in [1.807, 2.05) is 21.6 Å². The Morgan fingerprint density at radius 3 is 2.77 bits per heavy atom. The second-order valence-corrected chi connectivity index (χ2v) is 5.11. The van der Waals surface area contributed by atoms with Crippen molar-refractivity contribution in [1.29, 1.82) is 0 Å². The third-order valence-electron chi connectivity index (χ3n) is 0.946. The predicted octanol–water partition coefficient (Wildman–Crippen LogP) is 2.55. The lowest BCUT2D eigenvalue weighted by Crippen LogP contribution is -1.95. The van der Waals surface area contributed by atoms with Crippen LogP contribution < -0.4 is 0 Å². The molecule has 0 saturated heterocycles. The first-order valence-corrected chi connectivity index (χ1v) is 7.34. The molecule has 80 valence electrons. The van der Waals surface area contributed by atoms with E-state index in [0.29, 0.717) is 6.61 Å². The maximum atomic E-state index is 8.16. The Hall–Kier alpha value is 0.970. The molecule has 0 amide bonds. The summed E-state index contributed by atoms with van der Waals surface area (Å²) in [4.78, 5) is 12.7. The summed E-state index contributed by atoms with van der Waals surface area (Å²) in [7, 11) is 3.02. The van der Waals surface area contributed by atoms with Crippen molar-refractivity contribution in [3.8, 4) is 0 Å². The lowest BCUT2D eigenvalue weighted by Gasteiger charge is -2.00. The molecule has 0 fully saturated rings. The minimum atomic E-state index is -0.687. The standard InChI is InChI=1S/C6H15O4PS2/c1-2-5-12-13-6-3-4-8-9-10-11-7/h7,11H,2-6H2,1H3. The molecule has 0 bridgehead atoms. The molecule has 1 atom stereocenters. The molecule has 0 rings (SSSR count). The van der Waals surface area contributed by atoms with E-state index in [1.54, 1.807) is 0 Å². The first-order chi connectivity index (χ1) is 6.41. The largest absolute Gasteiger partial charge is 0.350 e. The molecule has 0 spiro atoms. The zero-order valence-electron chi connectivity index (χ0n) is 7.52. The summed E-state index contributed by atoms with van der Waals surface area (Å²) < 4.78 is 4.13. The van der Waals surface area contributed by atoms with Gasteiger partial charge >= 0.3 is 0 Å². The zero-order chi connectivity index (χ0) is 9.78. The second-order valence-electron chi connectivity index (χ2n) is 2.06. The predicted molar refractivity (Wildman–Crippen MR) is 58.5 cm³/mol. The van der Waals surface area contributed by atoms with Gasteiger partial charge < -0.3 is 4.89 Å². The molecule has 0 aromatic heterocycles. The summed E-state index contributed by atoms with van der Waals surface area (Å²) in [5.41, 5.74) is 0. The van der Waals surface area contributed by atoms with Crippen molar-refractivity contribution in [2.24, 2.45) is 0 Å². The SMILES string of the molecule is CCCSSCCCOOOPO. The summed E-state index contributed by atoms with van der Waals surface area (Å²) in [6.07, 6.45) is 2.13. The average molecular weight is 246 g/mol. The molecule has 13 heavy (non-hydrogen) atoms. The zero-order valence-corrected chi connectivity index (χ0v) is 10.2. The van der Waals surface area contributed by atoms with Gasteiger partial charge in [-0.25, -0.2) is 4.89 Å². The van der Waals surface area contributed by atoms with Gasteiger partial charge in [0.1, 0.15) is 0 Å². The van der Waals surface area contributed by atoms with Crippen molar-refractivity contribution in [3.05, 3.63) is 0 Å². The van der Waals surface area contributed by atoms with Crippen molar-refractivity contribution in [2.75, 3.05) is 18.1 Å². The molecule has 0 aromatic rings. The van der Waals surface area contributed by atoms with Gasteiger partial charge in [-0.15, -0.1) is 0 Å². The molecule has 4 nitrogen and oxygen atoms in total. The van der Waals surface area contributed by atoms with Crippen LogP contribution in [0.1, 0.15) is 19.8 Å². The van der Waals surface area contributed by atoms with Crippen molar-refractivity contribution >= 4 is 30.6 Å². The molecular weight excluding hydrogens is 231 g/mol. The molecule has 0 aliphatic heterocycles. The summed E-state index contributed by atoms with van der Waals surface area (Å²) in [6.45, 7) is 2.65. The monoisotopic (exact) mass is 246 g/mol. The summed E-state index contributed by atoms with van der Waals surface area (Å²) in [5, 5.41) is 4.16. The maximum absolute atomic E-state index is 8.16. The van der Waals surface area contributed by atoms with Crippen LogP contribution in [0.4, 0.5) is 0 Å². The van der Waals surface area contributed by atoms with Crippen LogP contribution in [0.25, 0.3) is 0 Å². The second kappa shape index (κ2) is 13.0. The van der Waals surface area contributed by atoms with Crippen LogP contribution in [-0.2, 0) is 14.6 Å². The van der Waals surface area contributed by atoms with Gasteiger partial charge in [0.15, 0.2) is 9.03 Å². The summed E-state index contributed by atoms with van der Waals surface area (Å²) in [6, 6.07) is 0. The molecule has 1 N–H and O–H groups in total. The fourth-order valence-electron chi connectivity index (χ4n) is 0.451. The van der Waals surface area contributed by atoms with Crippen LogP contribution in [-0.4, -0.2) is 23.0 Å². The van der Waals surface area contributed by atoms with Crippen molar-refractivity contribution in [1.82, 2.24) is 0 Å². The topological polar surface area (TPSA) is 47.9 Å². The molecular formula is C6H15O4PS2. The van der Waals surface area contributed by atoms with Gasteiger partial charge in [-0.3, -0.25) is 0 Å². The minimum Gasteiger partial charge on any atom is -0.350 e. The first kappa shape index (κ1) is 14.0. The molecule has 1 unspecified atom stereocenters. The number of rotatable bonds is 10. The smallest absolute Gasteiger partial charge is 0.195 e. The average Bonchev–Trinajstić information content (AvgIpc) is 2.16. The van der Waals surface area contributed by atoms with Gasteiger partial charge in [0.05, 0.1) is 6.61 Å². The van der Waals surface area contributed by atoms with Gasteiger partial charge in [-0.1, -0.05) is 33.5 Å². The van der Waals surface area contributed by atoms with Crippen LogP contribution in [0.15, 0.2) is 0 Å². The Bertz CT molecular complexity index is 88.7. The lowest BCUT2D eigenvalue weighted by atomic mass is 10.5. The molecule has 7 heteroatoms. The molecule has 0 saturated carbocycles. The third-order valence-corrected chi connectivity index (χ3v) is 3.79. The van der Waals surface area contributed by atoms with Crippen LogP contribution >= 0.6 is 30.6 Å². The van der Waals surface area contributed by atoms with E-state index in [2.05, 4.69) is 21.5 Å². The van der Waals surface area contributed by atoms with Crippen molar-refractivity contribution < 1.29 is 19.5 Å². The van der Waals surface area contributed by atoms with E-state index in [-0.39, 0.29) is 0 Å². The third kappa shape index (κ3) is 13.0. The lowest BCUT2D eigenvalue weighted by molar-refractivity contribution is -0.464. The van der Waals surface area contributed by atoms with E-state index in [0.717, 1.165) is 12.2 Å². The quantitative estimate of drug-likeness (QED) is 0.210. The summed E-state index contributed by atoms with van der Waals surface area (Å²) in [5.74, 6) is 2.23. The van der Waals surface area contributed by atoms with E-state index in [4.69, 9.17) is 4.89 Å². The van der Waals surface area contributed by atoms with Gasteiger partial charge in [0, 0.05) is 11.5 Å². The van der Waals surface area contributed by atoms with Gasteiger partial charge in [-0.05, 0) is 12.8 Å². The van der Waals surface area contributed by atoms with Crippen LogP contribution in [0, 0.1) is 0 Å². The maximum Gasteiger partial charge on any atom is 0.195 e. The fourth-order valence-corrected chi connectivity index (χ4v) is 2.73. The highest BCUT2D eigenvalue weighted by Gasteiger charge is 1.92. The Morgan fingerprint density at radius 1 is 1.31 bits per heavy atom. The molecule has 0 aromatic carbocycles. The van der Waals surface area contributed by atoms with E-state index in [9.17, 15) is 0 Å². The van der Waals surface area contributed by atoms with Crippen molar-refractivity contribution in [3.63, 3.8) is 0 Å². The Morgan fingerprint density at radius 2 is 2.08 bits per heavy atom. The van der Waals surface area contributed by atoms with Crippen LogP contribution in [0.2, 0.25) is 0 Å². The highest BCUT2D eigenvalue weighted by molar-refractivity contribution is 8.76. The van der Waals surface area contributed by atoms with Crippen LogP contribution in [0.5, 0.6) is 0 Å². The Labute approximate surface area is 88.3 Å². The molecule has 0 heterocycles. The Balaban J connectivity index is 2.76. The highest BCUT2D eigenvalue weighted by Crippen LogP contribution is 2.22. The van der Waals surface area contributed by atoms with Gasteiger partial charge in [-0.2, -0.15) is 4.67 Å². The molecule has 0 radical (unpaired) electrons. The Kier molecular flexibility index (Phi) is 13.9. The number of hydrogen-bond acceptors (Lipinski definition) is 6. The van der Waals surface area contributed by atoms with Gasteiger partial charge in [0.25, 0.3) is 0 Å². The van der Waals surface area contributed by atoms with E-state index in [1.165, 1.54) is 12.2 Å². The van der Waals surface area contributed by atoms with Crippen LogP contribution in [0.3, 0.4) is 0 Å². The normalized spacial score (nSPS) is 11.5. The number of hydrogen-bond donors (Lipinski definition) is 1. The molecule has 0 aliphatic rings.